The fraction of sp³-hybridized carbons (Fsp3) is 0.280. The first-order valence-electron chi connectivity index (χ1n) is 9.55. The van der Waals surface area contributed by atoms with Crippen molar-refractivity contribution < 1.29 is 4.57 Å². The summed E-state index contributed by atoms with van der Waals surface area (Å²) in [5.74, 6) is 0. The molecule has 2 nitrogen and oxygen atoms in total. The molecule has 0 amide bonds. The molecule has 0 atom stereocenters. The molecule has 2 aromatic heterocycles. The lowest BCUT2D eigenvalue weighted by molar-refractivity contribution is -0.660. The van der Waals surface area contributed by atoms with Gasteiger partial charge in [-0.3, -0.25) is 0 Å². The molecular formula is C25H25N2S+. The van der Waals surface area contributed by atoms with Crippen LogP contribution in [-0.4, -0.2) is 0 Å². The van der Waals surface area contributed by atoms with Gasteiger partial charge in [-0.1, -0.05) is 39.0 Å². The number of hydrogen-bond acceptors (Lipinski definition) is 1. The van der Waals surface area contributed by atoms with Crippen molar-refractivity contribution in [2.75, 3.05) is 0 Å². The second-order valence-electron chi connectivity index (χ2n) is 8.67. The van der Waals surface area contributed by atoms with Crippen LogP contribution in [-0.2, 0) is 12.5 Å². The van der Waals surface area contributed by atoms with E-state index >= 15 is 0 Å². The van der Waals surface area contributed by atoms with Gasteiger partial charge in [0.2, 0.25) is 5.69 Å². The summed E-state index contributed by atoms with van der Waals surface area (Å²) in [6.07, 6.45) is 2.18. The number of benzene rings is 2. The van der Waals surface area contributed by atoms with Gasteiger partial charge in [0.25, 0.3) is 0 Å². The second kappa shape index (κ2) is 6.43. The highest BCUT2D eigenvalue weighted by Gasteiger charge is 2.26. The minimum atomic E-state index is 0.0451. The van der Waals surface area contributed by atoms with Crippen LogP contribution in [0.15, 0.2) is 42.6 Å². The topological polar surface area (TPSA) is 8.24 Å². The number of hydrogen-bond donors (Lipinski definition) is 0. The molecule has 0 unspecified atom stereocenters. The monoisotopic (exact) mass is 385 g/mol. The summed E-state index contributed by atoms with van der Waals surface area (Å²) in [7, 11) is 2.12. The number of aromatic nitrogens is 1. The van der Waals surface area contributed by atoms with Crippen molar-refractivity contribution in [2.24, 2.45) is 7.05 Å². The van der Waals surface area contributed by atoms with Gasteiger partial charge in [0, 0.05) is 26.4 Å². The largest absolute Gasteiger partial charge is 0.238 e. The van der Waals surface area contributed by atoms with E-state index in [4.69, 9.17) is 6.57 Å². The van der Waals surface area contributed by atoms with Crippen molar-refractivity contribution in [3.63, 3.8) is 0 Å². The Morgan fingerprint density at radius 2 is 1.79 bits per heavy atom. The molecular weight excluding hydrogens is 360 g/mol. The Hall–Kier alpha value is -2.70. The molecule has 2 heterocycles. The van der Waals surface area contributed by atoms with Crippen molar-refractivity contribution in [3.05, 3.63) is 70.7 Å². The zero-order valence-corrected chi connectivity index (χ0v) is 18.2. The Balaban J connectivity index is 2.21. The molecule has 0 saturated carbocycles. The Kier molecular flexibility index (Phi) is 4.28. The summed E-state index contributed by atoms with van der Waals surface area (Å²) in [4.78, 5) is 3.64. The molecule has 3 heteroatoms. The second-order valence-corrected chi connectivity index (χ2v) is 9.72. The third-order valence-corrected chi connectivity index (χ3v) is 6.57. The van der Waals surface area contributed by atoms with Crippen LogP contribution in [0.1, 0.15) is 37.5 Å². The summed E-state index contributed by atoms with van der Waals surface area (Å²) in [5, 5.41) is 2.60. The van der Waals surface area contributed by atoms with Crippen LogP contribution in [0.2, 0.25) is 0 Å². The van der Waals surface area contributed by atoms with E-state index in [0.717, 1.165) is 0 Å². The zero-order chi connectivity index (χ0) is 20.2. The molecule has 0 saturated heterocycles. The summed E-state index contributed by atoms with van der Waals surface area (Å²) in [6.45, 7) is 18.6. The number of pyridine rings is 1. The van der Waals surface area contributed by atoms with Gasteiger partial charge in [0.05, 0.1) is 12.1 Å². The van der Waals surface area contributed by atoms with Crippen molar-refractivity contribution in [1.29, 1.82) is 0 Å². The Morgan fingerprint density at radius 3 is 2.43 bits per heavy atom. The van der Waals surface area contributed by atoms with E-state index in [1.165, 1.54) is 48.1 Å². The van der Waals surface area contributed by atoms with E-state index in [1.54, 1.807) is 0 Å². The SMILES string of the molecule is [C-]#[N+]c1ccc2c(c1)sc1c(-c3ccc(C)c[n+]3C)c(C)cc(C(C)(C)C)c12. The lowest BCUT2D eigenvalue weighted by Crippen LogP contribution is -2.31. The predicted octanol–water partition coefficient (Wildman–Crippen LogP) is 7.01. The molecule has 140 valence electrons. The number of rotatable bonds is 1. The maximum Gasteiger partial charge on any atom is 0.213 e. The van der Waals surface area contributed by atoms with Gasteiger partial charge in [-0.05, 0) is 47.9 Å². The van der Waals surface area contributed by atoms with Crippen LogP contribution >= 0.6 is 11.3 Å². The van der Waals surface area contributed by atoms with Crippen LogP contribution in [0.5, 0.6) is 0 Å². The van der Waals surface area contributed by atoms with Gasteiger partial charge >= 0.3 is 0 Å². The Labute approximate surface area is 170 Å². The van der Waals surface area contributed by atoms with E-state index in [-0.39, 0.29) is 5.41 Å². The van der Waals surface area contributed by atoms with Crippen molar-refractivity contribution in [3.8, 4) is 11.3 Å². The molecule has 0 radical (unpaired) electrons. The lowest BCUT2D eigenvalue weighted by Gasteiger charge is -2.22. The molecule has 4 aromatic rings. The summed E-state index contributed by atoms with van der Waals surface area (Å²) in [6, 6.07) is 12.9. The molecule has 0 spiro atoms. The molecule has 4 rings (SSSR count). The molecule has 0 fully saturated rings. The summed E-state index contributed by atoms with van der Waals surface area (Å²) in [5.41, 5.74) is 7.21. The minimum Gasteiger partial charge on any atom is -0.238 e. The summed E-state index contributed by atoms with van der Waals surface area (Å²) >= 11 is 1.81. The van der Waals surface area contributed by atoms with Crippen molar-refractivity contribution in [2.45, 2.75) is 40.0 Å². The molecule has 0 bridgehead atoms. The maximum absolute atomic E-state index is 7.38. The highest BCUT2D eigenvalue weighted by molar-refractivity contribution is 7.26. The molecule has 28 heavy (non-hydrogen) atoms. The highest BCUT2D eigenvalue weighted by Crippen LogP contribution is 2.46. The maximum atomic E-state index is 7.38. The Morgan fingerprint density at radius 1 is 1.04 bits per heavy atom. The fourth-order valence-electron chi connectivity index (χ4n) is 4.05. The van der Waals surface area contributed by atoms with E-state index in [0.29, 0.717) is 5.69 Å². The van der Waals surface area contributed by atoms with Crippen LogP contribution in [0.3, 0.4) is 0 Å². The van der Waals surface area contributed by atoms with Crippen LogP contribution in [0.25, 0.3) is 36.3 Å². The quantitative estimate of drug-likeness (QED) is 0.246. The summed E-state index contributed by atoms with van der Waals surface area (Å²) < 4.78 is 4.74. The standard InChI is InChI=1S/C25H25N2S/c1-15-8-11-20(27(7)14-15)22-16(2)12-19(25(3,4)5)23-18-10-9-17(26-6)13-21(18)28-24(22)23/h8-14H,1-5,7H3/q+1. The lowest BCUT2D eigenvalue weighted by atomic mass is 9.82. The van der Waals surface area contributed by atoms with Crippen LogP contribution in [0, 0.1) is 20.4 Å². The van der Waals surface area contributed by atoms with Crippen LogP contribution < -0.4 is 4.57 Å². The molecule has 0 aliphatic heterocycles. The highest BCUT2D eigenvalue weighted by atomic mass is 32.1. The van der Waals surface area contributed by atoms with E-state index in [9.17, 15) is 0 Å². The smallest absolute Gasteiger partial charge is 0.213 e. The number of nitrogens with zero attached hydrogens (tertiary/aromatic N) is 2. The first-order valence-corrected chi connectivity index (χ1v) is 10.4. The first kappa shape index (κ1) is 18.7. The number of fused-ring (bicyclic) bond motifs is 3. The molecule has 0 aliphatic rings. The van der Waals surface area contributed by atoms with Gasteiger partial charge in [-0.25, -0.2) is 9.41 Å². The number of aryl methyl sites for hydroxylation is 3. The third-order valence-electron chi connectivity index (χ3n) is 5.40. The van der Waals surface area contributed by atoms with E-state index in [1.807, 2.05) is 23.5 Å². The molecule has 2 aromatic carbocycles. The zero-order valence-electron chi connectivity index (χ0n) is 17.3. The van der Waals surface area contributed by atoms with Gasteiger partial charge in [0.15, 0.2) is 11.9 Å². The normalized spacial score (nSPS) is 11.9. The third kappa shape index (κ3) is 2.89. The molecule has 0 N–H and O–H groups in total. The average Bonchev–Trinajstić information content (AvgIpc) is 2.99. The van der Waals surface area contributed by atoms with Crippen LogP contribution in [0.4, 0.5) is 5.69 Å². The number of thiophene rings is 1. The van der Waals surface area contributed by atoms with Gasteiger partial charge in [-0.15, -0.1) is 11.3 Å². The average molecular weight is 386 g/mol. The predicted molar refractivity (Wildman–Crippen MR) is 120 cm³/mol. The van der Waals surface area contributed by atoms with Crippen molar-refractivity contribution >= 4 is 37.2 Å². The van der Waals surface area contributed by atoms with E-state index in [2.05, 4.69) is 81.5 Å². The molecule has 0 aliphatic carbocycles. The Bertz CT molecular complexity index is 1280. The van der Waals surface area contributed by atoms with Gasteiger partial charge in [0.1, 0.15) is 7.05 Å². The first-order chi connectivity index (χ1) is 13.2. The van der Waals surface area contributed by atoms with Gasteiger partial charge < -0.3 is 0 Å². The fourth-order valence-corrected chi connectivity index (χ4v) is 5.42. The van der Waals surface area contributed by atoms with Gasteiger partial charge in [-0.2, -0.15) is 0 Å². The minimum absolute atomic E-state index is 0.0451. The van der Waals surface area contributed by atoms with Crippen molar-refractivity contribution in [1.82, 2.24) is 0 Å². The van der Waals surface area contributed by atoms with E-state index < -0.39 is 0 Å².